The number of rotatable bonds is 5. The Labute approximate surface area is 333 Å². The van der Waals surface area contributed by atoms with Gasteiger partial charge < -0.3 is 4.74 Å². The third kappa shape index (κ3) is 5.16. The number of hydrogen-bond acceptors (Lipinski definition) is 4. The van der Waals surface area contributed by atoms with Gasteiger partial charge in [-0.25, -0.2) is 15.0 Å². The van der Waals surface area contributed by atoms with Crippen molar-refractivity contribution >= 4 is 10.8 Å². The SMILES string of the molecule is c1ccc(-c2ccc(-c3nc(-c4ccccc4)nc(-c4ccc(-c5ccc6c(c5)Oc5ccccc5C65C6CC7CC(C6)CC5C7)c5ccccc45)n3)cc2)cc1. The second kappa shape index (κ2) is 12.8. The standard InChI is InChI=1S/C53H41N3O/c1-3-11-35(12-4-1)36-19-21-38(22-20-36)51-54-50(37-13-5-2-6-14-37)55-52(56-51)45-25-24-42(43-15-7-8-16-44(43)45)39-23-26-47-49(32-39)57-48-18-10-9-17-46(48)53(47)40-28-33-27-34(30-40)31-41(53)29-33/h1-26,32-34,40-41H,27-31H2. The van der Waals surface area contributed by atoms with Crippen molar-refractivity contribution in [3.63, 3.8) is 0 Å². The Kier molecular flexibility index (Phi) is 7.38. The first kappa shape index (κ1) is 32.8. The van der Waals surface area contributed by atoms with Gasteiger partial charge in [0.25, 0.3) is 0 Å². The van der Waals surface area contributed by atoms with Crippen LogP contribution < -0.4 is 4.74 Å². The van der Waals surface area contributed by atoms with Crippen LogP contribution in [-0.2, 0) is 5.41 Å². The zero-order chi connectivity index (χ0) is 37.5. The van der Waals surface area contributed by atoms with Gasteiger partial charge in [0.05, 0.1) is 0 Å². The van der Waals surface area contributed by atoms with Crippen LogP contribution in [-0.4, -0.2) is 15.0 Å². The third-order valence-corrected chi connectivity index (χ3v) is 13.8. The summed E-state index contributed by atoms with van der Waals surface area (Å²) < 4.78 is 6.89. The molecule has 0 amide bonds. The zero-order valence-electron chi connectivity index (χ0n) is 31.7. The Hall–Kier alpha value is -6.39. The van der Waals surface area contributed by atoms with Crippen molar-refractivity contribution in [2.45, 2.75) is 37.5 Å². The van der Waals surface area contributed by atoms with E-state index >= 15 is 0 Å². The largest absolute Gasteiger partial charge is 0.457 e. The monoisotopic (exact) mass is 735 g/mol. The van der Waals surface area contributed by atoms with Crippen molar-refractivity contribution < 1.29 is 4.74 Å². The number of aromatic nitrogens is 3. The Bertz CT molecular complexity index is 2800. The van der Waals surface area contributed by atoms with Crippen molar-refractivity contribution in [2.24, 2.45) is 23.7 Å². The van der Waals surface area contributed by atoms with Crippen LogP contribution in [0, 0.1) is 23.7 Å². The van der Waals surface area contributed by atoms with Gasteiger partial charge in [-0.3, -0.25) is 0 Å². The molecule has 1 aliphatic heterocycles. The summed E-state index contributed by atoms with van der Waals surface area (Å²) in [5.74, 6) is 7.18. The van der Waals surface area contributed by atoms with E-state index < -0.39 is 0 Å². The van der Waals surface area contributed by atoms with Crippen molar-refractivity contribution in [3.05, 3.63) is 175 Å². The van der Waals surface area contributed by atoms with E-state index in [1.165, 1.54) is 54.4 Å². The molecule has 7 aromatic carbocycles. The van der Waals surface area contributed by atoms with E-state index in [9.17, 15) is 0 Å². The quantitative estimate of drug-likeness (QED) is 0.177. The van der Waals surface area contributed by atoms with E-state index in [4.69, 9.17) is 19.7 Å². The molecule has 4 heteroatoms. The van der Waals surface area contributed by atoms with Crippen LogP contribution in [0.15, 0.2) is 164 Å². The average molecular weight is 736 g/mol. The lowest BCUT2D eigenvalue weighted by atomic mass is 9.42. The van der Waals surface area contributed by atoms with Gasteiger partial charge in [-0.05, 0) is 107 Å². The van der Waals surface area contributed by atoms with E-state index in [2.05, 4.69) is 140 Å². The second-order valence-electron chi connectivity index (χ2n) is 16.8. The van der Waals surface area contributed by atoms with Gasteiger partial charge in [-0.15, -0.1) is 0 Å². The maximum atomic E-state index is 6.89. The van der Waals surface area contributed by atoms with E-state index in [-0.39, 0.29) is 5.41 Å². The molecule has 0 saturated heterocycles. The van der Waals surface area contributed by atoms with Crippen LogP contribution in [0.5, 0.6) is 11.5 Å². The van der Waals surface area contributed by atoms with Crippen molar-refractivity contribution in [1.82, 2.24) is 15.0 Å². The van der Waals surface area contributed by atoms with Crippen LogP contribution in [0.3, 0.4) is 0 Å². The molecule has 8 aromatic rings. The fourth-order valence-electron chi connectivity index (χ4n) is 11.6. The predicted octanol–water partition coefficient (Wildman–Crippen LogP) is 13.2. The highest BCUT2D eigenvalue weighted by molar-refractivity contribution is 6.04. The molecule has 0 atom stereocenters. The van der Waals surface area contributed by atoms with Crippen molar-refractivity contribution in [3.8, 4) is 67.9 Å². The van der Waals surface area contributed by atoms with Gasteiger partial charge in [0.1, 0.15) is 11.5 Å². The normalized spacial score (nSPS) is 22.6. The molecule has 5 aliphatic rings. The van der Waals surface area contributed by atoms with Gasteiger partial charge >= 0.3 is 0 Å². The van der Waals surface area contributed by atoms with Crippen LogP contribution in [0.2, 0.25) is 0 Å². The summed E-state index contributed by atoms with van der Waals surface area (Å²) in [5, 5.41) is 2.26. The molecule has 0 unspecified atom stereocenters. The highest BCUT2D eigenvalue weighted by atomic mass is 16.5. The van der Waals surface area contributed by atoms with Crippen LogP contribution in [0.4, 0.5) is 0 Å². The van der Waals surface area contributed by atoms with Crippen LogP contribution in [0.1, 0.15) is 43.2 Å². The second-order valence-corrected chi connectivity index (χ2v) is 16.8. The number of fused-ring (bicyclic) bond motifs is 3. The first-order valence-corrected chi connectivity index (χ1v) is 20.6. The highest BCUT2D eigenvalue weighted by Gasteiger charge is 2.61. The van der Waals surface area contributed by atoms with E-state index in [1.807, 2.05) is 24.3 Å². The molecule has 0 N–H and O–H groups in total. The van der Waals surface area contributed by atoms with Crippen molar-refractivity contribution in [1.29, 1.82) is 0 Å². The number of para-hydroxylation sites is 1. The van der Waals surface area contributed by atoms with Crippen LogP contribution >= 0.6 is 0 Å². The molecule has 1 spiro atoms. The Morgan fingerprint density at radius 3 is 1.58 bits per heavy atom. The first-order chi connectivity index (χ1) is 28.2. The molecule has 4 bridgehead atoms. The van der Waals surface area contributed by atoms with Gasteiger partial charge in [0.2, 0.25) is 0 Å². The van der Waals surface area contributed by atoms with Gasteiger partial charge in [-0.1, -0.05) is 146 Å². The summed E-state index contributed by atoms with van der Waals surface area (Å²) in [6, 6.07) is 58.3. The molecule has 4 nitrogen and oxygen atoms in total. The minimum Gasteiger partial charge on any atom is -0.457 e. The minimum atomic E-state index is 0.0385. The lowest BCUT2D eigenvalue weighted by Gasteiger charge is -2.63. The minimum absolute atomic E-state index is 0.0385. The summed E-state index contributed by atoms with van der Waals surface area (Å²) in [6.07, 6.45) is 6.82. The average Bonchev–Trinajstić information content (AvgIpc) is 3.27. The summed E-state index contributed by atoms with van der Waals surface area (Å²) in [6.45, 7) is 0. The van der Waals surface area contributed by atoms with Crippen LogP contribution in [0.25, 0.3) is 67.2 Å². The fraction of sp³-hybridized carbons (Fsp3) is 0.189. The van der Waals surface area contributed by atoms with Gasteiger partial charge in [0, 0.05) is 33.2 Å². The predicted molar refractivity (Wildman–Crippen MR) is 229 cm³/mol. The fourth-order valence-corrected chi connectivity index (χ4v) is 11.6. The summed E-state index contributed by atoms with van der Waals surface area (Å²) >= 11 is 0. The molecular formula is C53H41N3O. The molecule has 4 aliphatic carbocycles. The lowest BCUT2D eigenvalue weighted by molar-refractivity contribution is -0.0452. The summed E-state index contributed by atoms with van der Waals surface area (Å²) in [5.41, 5.74) is 10.4. The summed E-state index contributed by atoms with van der Waals surface area (Å²) in [4.78, 5) is 15.3. The molecule has 4 fully saturated rings. The Morgan fingerprint density at radius 1 is 0.386 bits per heavy atom. The molecule has 4 saturated carbocycles. The number of nitrogens with zero attached hydrogens (tertiary/aromatic N) is 3. The highest BCUT2D eigenvalue weighted by Crippen LogP contribution is 2.69. The smallest absolute Gasteiger partial charge is 0.164 e. The molecule has 274 valence electrons. The van der Waals surface area contributed by atoms with E-state index in [1.54, 1.807) is 0 Å². The Balaban J connectivity index is 0.976. The Morgan fingerprint density at radius 2 is 0.877 bits per heavy atom. The lowest BCUT2D eigenvalue weighted by Crippen LogP contribution is -2.56. The molecular weight excluding hydrogens is 695 g/mol. The zero-order valence-corrected chi connectivity index (χ0v) is 31.7. The topological polar surface area (TPSA) is 47.9 Å². The number of ether oxygens (including phenoxy) is 1. The number of benzene rings is 7. The maximum Gasteiger partial charge on any atom is 0.164 e. The molecule has 2 heterocycles. The first-order valence-electron chi connectivity index (χ1n) is 20.6. The number of hydrogen-bond donors (Lipinski definition) is 0. The van der Waals surface area contributed by atoms with E-state index in [0.29, 0.717) is 29.3 Å². The maximum absolute atomic E-state index is 6.89. The molecule has 1 aromatic heterocycles. The van der Waals surface area contributed by atoms with E-state index in [0.717, 1.165) is 61.9 Å². The van der Waals surface area contributed by atoms with Gasteiger partial charge in [0.15, 0.2) is 17.5 Å². The molecule has 13 rings (SSSR count). The third-order valence-electron chi connectivity index (χ3n) is 13.8. The van der Waals surface area contributed by atoms with Crippen molar-refractivity contribution in [2.75, 3.05) is 0 Å². The molecule has 0 radical (unpaired) electrons. The van der Waals surface area contributed by atoms with Gasteiger partial charge in [-0.2, -0.15) is 0 Å². The molecule has 57 heavy (non-hydrogen) atoms. The summed E-state index contributed by atoms with van der Waals surface area (Å²) in [7, 11) is 0.